The van der Waals surface area contributed by atoms with Crippen molar-refractivity contribution in [3.63, 3.8) is 0 Å². The molecule has 2 aliphatic rings. The lowest BCUT2D eigenvalue weighted by atomic mass is 9.85. The Balaban J connectivity index is 1.88. The molecule has 2 rings (SSSR count). The summed E-state index contributed by atoms with van der Waals surface area (Å²) in [5, 5.41) is 12.1. The highest BCUT2D eigenvalue weighted by Gasteiger charge is 2.40. The van der Waals surface area contributed by atoms with Gasteiger partial charge in [0.05, 0.1) is 11.3 Å². The highest BCUT2D eigenvalue weighted by molar-refractivity contribution is 5.83. The maximum Gasteiger partial charge on any atom is 0.306 e. The molecule has 2 aliphatic carbocycles. The van der Waals surface area contributed by atoms with Crippen molar-refractivity contribution in [2.75, 3.05) is 13.1 Å². The summed E-state index contributed by atoms with van der Waals surface area (Å²) < 4.78 is 0. The maximum atomic E-state index is 12.3. The minimum atomic E-state index is -0.730. The lowest BCUT2D eigenvalue weighted by molar-refractivity contribution is -0.143. The number of carboxylic acid groups (broad SMARTS) is 1. The van der Waals surface area contributed by atoms with Crippen LogP contribution in [0.5, 0.6) is 0 Å². The molecule has 108 valence electrons. The van der Waals surface area contributed by atoms with E-state index in [0.717, 1.165) is 44.9 Å². The molecular weight excluding hydrogens is 244 g/mol. The second-order valence-corrected chi connectivity index (χ2v) is 6.04. The first-order chi connectivity index (χ1) is 9.09. The average Bonchev–Trinajstić information content (AvgIpc) is 3.05. The van der Waals surface area contributed by atoms with Gasteiger partial charge in [-0.3, -0.25) is 9.59 Å². The van der Waals surface area contributed by atoms with Crippen LogP contribution in [0.2, 0.25) is 0 Å². The Kier molecular flexibility index (Phi) is 4.45. The monoisotopic (exact) mass is 268 g/mol. The van der Waals surface area contributed by atoms with Crippen molar-refractivity contribution in [1.82, 2.24) is 5.32 Å². The summed E-state index contributed by atoms with van der Waals surface area (Å²) in [6, 6.07) is 0. The average molecular weight is 268 g/mol. The van der Waals surface area contributed by atoms with E-state index in [0.29, 0.717) is 13.1 Å². The molecule has 0 radical (unpaired) electrons. The zero-order chi connectivity index (χ0) is 13.9. The summed E-state index contributed by atoms with van der Waals surface area (Å²) >= 11 is 0. The normalized spacial score (nSPS) is 29.3. The molecule has 1 amide bonds. The molecule has 0 aliphatic heterocycles. The third kappa shape index (κ3) is 2.91. The molecular formula is C14H24N2O3. The van der Waals surface area contributed by atoms with Crippen LogP contribution < -0.4 is 11.1 Å². The van der Waals surface area contributed by atoms with E-state index in [2.05, 4.69) is 5.32 Å². The fraction of sp³-hybridized carbons (Fsp3) is 0.857. The molecule has 0 aromatic carbocycles. The van der Waals surface area contributed by atoms with E-state index in [-0.39, 0.29) is 17.7 Å². The minimum absolute atomic E-state index is 0.0311. The van der Waals surface area contributed by atoms with Gasteiger partial charge in [0.2, 0.25) is 5.91 Å². The Labute approximate surface area is 113 Å². The summed E-state index contributed by atoms with van der Waals surface area (Å²) in [4.78, 5) is 23.4. The number of carbonyl (C=O) groups is 2. The van der Waals surface area contributed by atoms with Crippen molar-refractivity contribution < 1.29 is 14.7 Å². The predicted molar refractivity (Wildman–Crippen MR) is 71.4 cm³/mol. The first-order valence-electron chi connectivity index (χ1n) is 7.30. The largest absolute Gasteiger partial charge is 0.481 e. The number of hydrogen-bond acceptors (Lipinski definition) is 3. The fourth-order valence-electron chi connectivity index (χ4n) is 3.59. The molecule has 0 heterocycles. The van der Waals surface area contributed by atoms with Gasteiger partial charge >= 0.3 is 5.97 Å². The molecule has 0 saturated heterocycles. The van der Waals surface area contributed by atoms with Gasteiger partial charge in [-0.25, -0.2) is 0 Å². The van der Waals surface area contributed by atoms with Gasteiger partial charge in [-0.05, 0) is 31.6 Å². The van der Waals surface area contributed by atoms with Crippen molar-refractivity contribution in [3.8, 4) is 0 Å². The molecule has 0 aromatic heterocycles. The van der Waals surface area contributed by atoms with E-state index in [4.69, 9.17) is 10.8 Å². The van der Waals surface area contributed by atoms with Crippen LogP contribution in [0.15, 0.2) is 0 Å². The Bertz CT molecular complexity index is 351. The summed E-state index contributed by atoms with van der Waals surface area (Å²) in [6.07, 6.45) is 6.42. The molecule has 0 aromatic rings. The van der Waals surface area contributed by atoms with Gasteiger partial charge in [-0.2, -0.15) is 0 Å². The van der Waals surface area contributed by atoms with E-state index < -0.39 is 11.4 Å². The quantitative estimate of drug-likeness (QED) is 0.696. The van der Waals surface area contributed by atoms with Crippen molar-refractivity contribution in [3.05, 3.63) is 0 Å². The number of carboxylic acids is 1. The first kappa shape index (κ1) is 14.3. The summed E-state index contributed by atoms with van der Waals surface area (Å²) in [5.41, 5.74) is 5.38. The second kappa shape index (κ2) is 5.90. The highest BCUT2D eigenvalue weighted by atomic mass is 16.4. The number of nitrogens with two attached hydrogens (primary N) is 1. The van der Waals surface area contributed by atoms with Crippen molar-refractivity contribution >= 4 is 11.9 Å². The van der Waals surface area contributed by atoms with Crippen LogP contribution >= 0.6 is 0 Å². The van der Waals surface area contributed by atoms with Crippen molar-refractivity contribution in [2.45, 2.75) is 44.9 Å². The zero-order valence-corrected chi connectivity index (χ0v) is 11.4. The Morgan fingerprint density at radius 1 is 1.21 bits per heavy atom. The number of rotatable bonds is 5. The van der Waals surface area contributed by atoms with Crippen LogP contribution in [0.4, 0.5) is 0 Å². The van der Waals surface area contributed by atoms with Gasteiger partial charge in [0, 0.05) is 13.1 Å². The molecule has 0 spiro atoms. The van der Waals surface area contributed by atoms with E-state index in [1.807, 2.05) is 0 Å². The zero-order valence-electron chi connectivity index (χ0n) is 11.4. The lowest BCUT2D eigenvalue weighted by Crippen LogP contribution is -2.46. The molecule has 5 nitrogen and oxygen atoms in total. The predicted octanol–water partition coefficient (Wildman–Crippen LogP) is 1.12. The summed E-state index contributed by atoms with van der Waals surface area (Å²) in [6.45, 7) is 0.878. The maximum absolute atomic E-state index is 12.3. The highest BCUT2D eigenvalue weighted by Crippen LogP contribution is 2.37. The van der Waals surface area contributed by atoms with Gasteiger partial charge in [-0.15, -0.1) is 0 Å². The van der Waals surface area contributed by atoms with Crippen LogP contribution in [0.1, 0.15) is 44.9 Å². The molecule has 4 N–H and O–H groups in total. The third-order valence-corrected chi connectivity index (χ3v) is 4.93. The fourth-order valence-corrected chi connectivity index (χ4v) is 3.59. The number of nitrogens with one attached hydrogen (secondary N) is 1. The Hall–Kier alpha value is -1.10. The van der Waals surface area contributed by atoms with Gasteiger partial charge < -0.3 is 16.2 Å². The first-order valence-corrected chi connectivity index (χ1v) is 7.30. The van der Waals surface area contributed by atoms with Gasteiger partial charge in [-0.1, -0.05) is 19.3 Å². The number of hydrogen-bond donors (Lipinski definition) is 3. The van der Waals surface area contributed by atoms with Crippen molar-refractivity contribution in [1.29, 1.82) is 0 Å². The van der Waals surface area contributed by atoms with Crippen LogP contribution in [-0.2, 0) is 9.59 Å². The van der Waals surface area contributed by atoms with E-state index in [1.54, 1.807) is 0 Å². The summed E-state index contributed by atoms with van der Waals surface area (Å²) in [5.74, 6) is -0.912. The van der Waals surface area contributed by atoms with E-state index in [9.17, 15) is 9.59 Å². The SMILES string of the molecule is NCC1(C(=O)NCC2CCCC2C(=O)O)CCCC1. The summed E-state index contributed by atoms with van der Waals surface area (Å²) in [7, 11) is 0. The standard InChI is InChI=1S/C14H24N2O3/c15-9-14(6-1-2-7-14)13(19)16-8-10-4-3-5-11(10)12(17)18/h10-11H,1-9,15H2,(H,16,19)(H,17,18). The van der Waals surface area contributed by atoms with Crippen LogP contribution in [0, 0.1) is 17.3 Å². The van der Waals surface area contributed by atoms with Gasteiger partial charge in [0.1, 0.15) is 0 Å². The molecule has 19 heavy (non-hydrogen) atoms. The lowest BCUT2D eigenvalue weighted by Gasteiger charge is -2.27. The Morgan fingerprint density at radius 3 is 2.47 bits per heavy atom. The number of carbonyl (C=O) groups excluding carboxylic acids is 1. The topological polar surface area (TPSA) is 92.4 Å². The third-order valence-electron chi connectivity index (χ3n) is 4.93. The van der Waals surface area contributed by atoms with Gasteiger partial charge in [0.15, 0.2) is 0 Å². The van der Waals surface area contributed by atoms with Crippen LogP contribution in [0.25, 0.3) is 0 Å². The smallest absolute Gasteiger partial charge is 0.306 e. The molecule has 5 heteroatoms. The van der Waals surface area contributed by atoms with Crippen molar-refractivity contribution in [2.24, 2.45) is 23.0 Å². The molecule has 2 atom stereocenters. The molecule has 2 saturated carbocycles. The van der Waals surface area contributed by atoms with E-state index in [1.165, 1.54) is 0 Å². The second-order valence-electron chi connectivity index (χ2n) is 6.04. The molecule has 2 fully saturated rings. The number of aliphatic carboxylic acids is 1. The number of amides is 1. The van der Waals surface area contributed by atoms with Gasteiger partial charge in [0.25, 0.3) is 0 Å². The van der Waals surface area contributed by atoms with Crippen LogP contribution in [0.3, 0.4) is 0 Å². The van der Waals surface area contributed by atoms with Crippen LogP contribution in [-0.4, -0.2) is 30.1 Å². The minimum Gasteiger partial charge on any atom is -0.481 e. The van der Waals surface area contributed by atoms with E-state index >= 15 is 0 Å². The molecule has 0 bridgehead atoms. The Morgan fingerprint density at radius 2 is 1.89 bits per heavy atom. The molecule has 2 unspecified atom stereocenters.